The van der Waals surface area contributed by atoms with Crippen molar-refractivity contribution in [2.24, 2.45) is 0 Å². The lowest BCUT2D eigenvalue weighted by atomic mass is 9.99. The summed E-state index contributed by atoms with van der Waals surface area (Å²) in [7, 11) is 0. The molecule has 5 N–H and O–H groups in total. The minimum absolute atomic E-state index is 0.0483. The van der Waals surface area contributed by atoms with Crippen molar-refractivity contribution in [2.75, 3.05) is 5.32 Å². The van der Waals surface area contributed by atoms with Gasteiger partial charge in [0.1, 0.15) is 29.9 Å². The minimum atomic E-state index is -1.88. The highest BCUT2D eigenvalue weighted by atomic mass is 19.1. The van der Waals surface area contributed by atoms with E-state index in [0.717, 1.165) is 12.1 Å². The molecule has 10 heteroatoms. The third-order valence-electron chi connectivity index (χ3n) is 3.31. The molecule has 1 aliphatic heterocycles. The first kappa shape index (κ1) is 18.1. The van der Waals surface area contributed by atoms with Gasteiger partial charge in [-0.3, -0.25) is 4.79 Å². The van der Waals surface area contributed by atoms with Crippen LogP contribution >= 0.6 is 0 Å². The van der Waals surface area contributed by atoms with Gasteiger partial charge < -0.3 is 35.2 Å². The number of aliphatic hydroxyl groups is 3. The predicted octanol–water partition coefficient (Wildman–Crippen LogP) is -0.945. The summed E-state index contributed by atoms with van der Waals surface area (Å²) >= 11 is 0. The molecule has 0 bridgehead atoms. The highest BCUT2D eigenvalue weighted by molar-refractivity contribution is 5.90. The van der Waals surface area contributed by atoms with Gasteiger partial charge in [0, 0.05) is 13.0 Å². The lowest BCUT2D eigenvalue weighted by Crippen LogP contribution is -2.61. The summed E-state index contributed by atoms with van der Waals surface area (Å²) in [6.45, 7) is 1.21. The van der Waals surface area contributed by atoms with Gasteiger partial charge in [-0.1, -0.05) is 0 Å². The first-order chi connectivity index (χ1) is 11.2. The summed E-state index contributed by atoms with van der Waals surface area (Å²) in [5.41, 5.74) is 0.0483. The predicted molar refractivity (Wildman–Crippen MR) is 75.6 cm³/mol. The molecule has 24 heavy (non-hydrogen) atoms. The Bertz CT molecular complexity index is 639. The SMILES string of the molecule is CC(=O)Nc1ccc(F)cc1O[C@@H]1O[C@H](C(=O)O)[C@@H](O)[C@H](O)[C@H]1O. The van der Waals surface area contributed by atoms with Crippen LogP contribution in [0.1, 0.15) is 6.92 Å². The zero-order chi connectivity index (χ0) is 18.0. The summed E-state index contributed by atoms with van der Waals surface area (Å²) in [5.74, 6) is -3.03. The first-order valence-electron chi connectivity index (χ1n) is 6.87. The number of halogens is 1. The van der Waals surface area contributed by atoms with E-state index in [1.165, 1.54) is 13.0 Å². The van der Waals surface area contributed by atoms with Gasteiger partial charge in [0.2, 0.25) is 12.2 Å². The molecule has 1 aliphatic rings. The van der Waals surface area contributed by atoms with E-state index in [9.17, 15) is 29.3 Å². The number of nitrogens with one attached hydrogen (secondary N) is 1. The number of benzene rings is 1. The van der Waals surface area contributed by atoms with Crippen molar-refractivity contribution in [3.05, 3.63) is 24.0 Å². The van der Waals surface area contributed by atoms with Gasteiger partial charge in [-0.25, -0.2) is 9.18 Å². The van der Waals surface area contributed by atoms with Gasteiger partial charge in [-0.05, 0) is 12.1 Å². The van der Waals surface area contributed by atoms with E-state index < -0.39 is 48.4 Å². The highest BCUT2D eigenvalue weighted by Gasteiger charge is 2.48. The molecule has 9 nitrogen and oxygen atoms in total. The Labute approximate surface area is 135 Å². The average molecular weight is 345 g/mol. The molecular formula is C14H16FNO8. The second-order valence-corrected chi connectivity index (χ2v) is 5.17. The van der Waals surface area contributed by atoms with Crippen LogP contribution in [0.2, 0.25) is 0 Å². The lowest BCUT2D eigenvalue weighted by Gasteiger charge is -2.38. The second kappa shape index (κ2) is 7.09. The number of carbonyl (C=O) groups is 2. The van der Waals surface area contributed by atoms with Crippen molar-refractivity contribution >= 4 is 17.6 Å². The van der Waals surface area contributed by atoms with Crippen LogP contribution in [0.25, 0.3) is 0 Å². The number of carbonyl (C=O) groups excluding carboxylic acids is 1. The zero-order valence-electron chi connectivity index (χ0n) is 12.4. The molecule has 1 aromatic rings. The number of ether oxygens (including phenoxy) is 2. The van der Waals surface area contributed by atoms with Crippen molar-refractivity contribution in [1.29, 1.82) is 0 Å². The molecule has 0 unspecified atom stereocenters. The van der Waals surface area contributed by atoms with E-state index in [1.54, 1.807) is 0 Å². The number of carboxylic acids is 1. The van der Waals surface area contributed by atoms with Gasteiger partial charge >= 0.3 is 5.97 Å². The van der Waals surface area contributed by atoms with Crippen molar-refractivity contribution in [1.82, 2.24) is 0 Å². The Morgan fingerprint density at radius 1 is 1.21 bits per heavy atom. The smallest absolute Gasteiger partial charge is 0.335 e. The molecule has 0 aromatic heterocycles. The Kier molecular flexibility index (Phi) is 5.34. The Balaban J connectivity index is 2.27. The fraction of sp³-hybridized carbons (Fsp3) is 0.429. The third-order valence-corrected chi connectivity index (χ3v) is 3.31. The Hall–Kier alpha value is -2.27. The van der Waals surface area contributed by atoms with Crippen LogP contribution in [0.5, 0.6) is 5.75 Å². The Morgan fingerprint density at radius 3 is 2.46 bits per heavy atom. The van der Waals surface area contributed by atoms with Crippen LogP contribution < -0.4 is 10.1 Å². The normalized spacial score (nSPS) is 29.8. The molecule has 0 spiro atoms. The topological polar surface area (TPSA) is 146 Å². The monoisotopic (exact) mass is 345 g/mol. The number of anilines is 1. The van der Waals surface area contributed by atoms with Crippen LogP contribution in [0, 0.1) is 5.82 Å². The van der Waals surface area contributed by atoms with Crippen LogP contribution in [0.3, 0.4) is 0 Å². The maximum Gasteiger partial charge on any atom is 0.335 e. The first-order valence-corrected chi connectivity index (χ1v) is 6.87. The molecule has 1 amide bonds. The maximum absolute atomic E-state index is 13.4. The van der Waals surface area contributed by atoms with Crippen LogP contribution in [0.15, 0.2) is 18.2 Å². The van der Waals surface area contributed by atoms with Crippen molar-refractivity contribution in [3.63, 3.8) is 0 Å². The standard InChI is InChI=1S/C14H16FNO8/c1-5(17)16-7-3-2-6(15)4-8(7)23-14-11(20)9(18)10(19)12(24-14)13(21)22/h2-4,9-12,14,18-20H,1H3,(H,16,17)(H,21,22)/t9-,10-,11+,12-,14+/m0/s1. The minimum Gasteiger partial charge on any atom is -0.479 e. The van der Waals surface area contributed by atoms with E-state index in [-0.39, 0.29) is 11.4 Å². The van der Waals surface area contributed by atoms with E-state index in [2.05, 4.69) is 5.32 Å². The molecule has 0 aliphatic carbocycles. The Morgan fingerprint density at radius 2 is 1.88 bits per heavy atom. The molecule has 1 saturated heterocycles. The van der Waals surface area contributed by atoms with Crippen LogP contribution in [-0.4, -0.2) is 63.0 Å². The molecule has 1 fully saturated rings. The van der Waals surface area contributed by atoms with Crippen LogP contribution in [0.4, 0.5) is 10.1 Å². The van der Waals surface area contributed by atoms with E-state index in [4.69, 9.17) is 14.6 Å². The van der Waals surface area contributed by atoms with Gasteiger partial charge in [-0.2, -0.15) is 0 Å². The summed E-state index contributed by atoms with van der Waals surface area (Å²) < 4.78 is 23.5. The highest BCUT2D eigenvalue weighted by Crippen LogP contribution is 2.30. The van der Waals surface area contributed by atoms with Gasteiger partial charge in [0.25, 0.3) is 0 Å². The maximum atomic E-state index is 13.4. The zero-order valence-corrected chi connectivity index (χ0v) is 12.4. The van der Waals surface area contributed by atoms with Gasteiger partial charge in [0.15, 0.2) is 6.10 Å². The second-order valence-electron chi connectivity index (χ2n) is 5.17. The molecule has 5 atom stereocenters. The summed E-state index contributed by atoms with van der Waals surface area (Å²) in [6, 6.07) is 3.13. The molecule has 132 valence electrons. The third kappa shape index (κ3) is 3.79. The number of aliphatic hydroxyl groups excluding tert-OH is 3. The fourth-order valence-corrected chi connectivity index (χ4v) is 2.16. The van der Waals surface area contributed by atoms with Crippen LogP contribution in [-0.2, 0) is 14.3 Å². The number of rotatable bonds is 4. The average Bonchev–Trinajstić information content (AvgIpc) is 2.49. The van der Waals surface area contributed by atoms with Crippen molar-refractivity contribution in [2.45, 2.75) is 37.6 Å². The van der Waals surface area contributed by atoms with Gasteiger partial charge in [0.05, 0.1) is 5.69 Å². The number of aliphatic carboxylic acids is 1. The number of amides is 1. The van der Waals surface area contributed by atoms with E-state index in [1.807, 2.05) is 0 Å². The molecule has 2 rings (SSSR count). The van der Waals surface area contributed by atoms with Gasteiger partial charge in [-0.15, -0.1) is 0 Å². The molecule has 1 heterocycles. The summed E-state index contributed by atoms with van der Waals surface area (Å²) in [5, 5.41) is 40.5. The summed E-state index contributed by atoms with van der Waals surface area (Å²) in [6.07, 6.45) is -9.10. The molecule has 0 saturated carbocycles. The molecule has 0 radical (unpaired) electrons. The molecule has 1 aromatic carbocycles. The quantitative estimate of drug-likeness (QED) is 0.470. The largest absolute Gasteiger partial charge is 0.479 e. The van der Waals surface area contributed by atoms with Crippen molar-refractivity contribution in [3.8, 4) is 5.75 Å². The fourth-order valence-electron chi connectivity index (χ4n) is 2.16. The van der Waals surface area contributed by atoms with E-state index >= 15 is 0 Å². The molecular weight excluding hydrogens is 329 g/mol. The summed E-state index contributed by atoms with van der Waals surface area (Å²) in [4.78, 5) is 22.2. The lowest BCUT2D eigenvalue weighted by molar-refractivity contribution is -0.271. The number of hydrogen-bond donors (Lipinski definition) is 5. The van der Waals surface area contributed by atoms with E-state index in [0.29, 0.717) is 0 Å². The number of hydrogen-bond acceptors (Lipinski definition) is 7. The number of carboxylic acid groups (broad SMARTS) is 1. The van der Waals surface area contributed by atoms with Crippen molar-refractivity contribution < 1.29 is 43.9 Å².